The van der Waals surface area contributed by atoms with Gasteiger partial charge in [0, 0.05) is 5.56 Å². The van der Waals surface area contributed by atoms with Gasteiger partial charge in [0.25, 0.3) is 0 Å². The quantitative estimate of drug-likeness (QED) is 0.749. The number of aromatic amines is 1. The van der Waals surface area contributed by atoms with E-state index in [9.17, 15) is 9.90 Å². The Labute approximate surface area is 113 Å². The zero-order chi connectivity index (χ0) is 13.4. The Morgan fingerprint density at radius 1 is 1.16 bits per heavy atom. The van der Waals surface area contributed by atoms with Crippen LogP contribution in [0.3, 0.4) is 0 Å². The van der Waals surface area contributed by atoms with Crippen LogP contribution in [0.1, 0.15) is 10.4 Å². The molecule has 0 atom stereocenters. The summed E-state index contributed by atoms with van der Waals surface area (Å²) >= 11 is 6.06. The van der Waals surface area contributed by atoms with Crippen molar-refractivity contribution in [3.8, 4) is 11.4 Å². The van der Waals surface area contributed by atoms with Gasteiger partial charge in [-0.1, -0.05) is 35.9 Å². The maximum atomic E-state index is 11.2. The molecule has 0 amide bonds. The van der Waals surface area contributed by atoms with Crippen LogP contribution in [0.4, 0.5) is 0 Å². The van der Waals surface area contributed by atoms with Crippen molar-refractivity contribution in [3.63, 3.8) is 0 Å². The van der Waals surface area contributed by atoms with Crippen LogP contribution in [0.25, 0.3) is 22.4 Å². The van der Waals surface area contributed by atoms with Gasteiger partial charge in [0.05, 0.1) is 16.1 Å². The number of aromatic carboxylic acids is 1. The number of aromatic nitrogens is 2. The summed E-state index contributed by atoms with van der Waals surface area (Å²) in [5, 5.41) is 9.72. The maximum Gasteiger partial charge on any atom is 0.336 e. The summed E-state index contributed by atoms with van der Waals surface area (Å²) in [6.45, 7) is 0. The fraction of sp³-hybridized carbons (Fsp3) is 0. The molecule has 5 heteroatoms. The lowest BCUT2D eigenvalue weighted by molar-refractivity contribution is 0.0697. The van der Waals surface area contributed by atoms with Crippen molar-refractivity contribution < 1.29 is 9.90 Å². The first-order valence-corrected chi connectivity index (χ1v) is 6.01. The van der Waals surface area contributed by atoms with Crippen LogP contribution in [-0.4, -0.2) is 21.0 Å². The molecule has 3 rings (SSSR count). The number of hydrogen-bond donors (Lipinski definition) is 2. The molecule has 3 aromatic rings. The van der Waals surface area contributed by atoms with Gasteiger partial charge in [-0.3, -0.25) is 0 Å². The van der Waals surface area contributed by atoms with Crippen molar-refractivity contribution >= 4 is 28.6 Å². The van der Waals surface area contributed by atoms with Crippen LogP contribution in [0.15, 0.2) is 42.5 Å². The molecule has 0 bridgehead atoms. The molecule has 94 valence electrons. The number of benzene rings is 2. The largest absolute Gasteiger partial charge is 0.478 e. The average molecular weight is 273 g/mol. The first-order chi connectivity index (χ1) is 9.16. The van der Waals surface area contributed by atoms with Crippen LogP contribution in [0.2, 0.25) is 5.02 Å². The van der Waals surface area contributed by atoms with Crippen molar-refractivity contribution in [1.29, 1.82) is 0 Å². The molecule has 1 aromatic heterocycles. The van der Waals surface area contributed by atoms with Gasteiger partial charge < -0.3 is 10.1 Å². The Kier molecular flexibility index (Phi) is 2.72. The SMILES string of the molecule is O=C(O)c1ccccc1-c1nc2c(Cl)cccc2[nH]1. The van der Waals surface area contributed by atoms with Gasteiger partial charge in [-0.05, 0) is 18.2 Å². The summed E-state index contributed by atoms with van der Waals surface area (Å²) < 4.78 is 0. The van der Waals surface area contributed by atoms with Crippen LogP contribution in [0, 0.1) is 0 Å². The topological polar surface area (TPSA) is 66.0 Å². The molecule has 0 saturated carbocycles. The molecular weight excluding hydrogens is 264 g/mol. The van der Waals surface area contributed by atoms with Crippen LogP contribution < -0.4 is 0 Å². The smallest absolute Gasteiger partial charge is 0.336 e. The van der Waals surface area contributed by atoms with Crippen LogP contribution in [0.5, 0.6) is 0 Å². The Hall–Kier alpha value is -2.33. The number of halogens is 1. The van der Waals surface area contributed by atoms with Gasteiger partial charge in [-0.2, -0.15) is 0 Å². The van der Waals surface area contributed by atoms with Crippen molar-refractivity contribution in [2.24, 2.45) is 0 Å². The summed E-state index contributed by atoms with van der Waals surface area (Å²) in [5.41, 5.74) is 2.17. The van der Waals surface area contributed by atoms with Crippen molar-refractivity contribution in [2.45, 2.75) is 0 Å². The number of fused-ring (bicyclic) bond motifs is 1. The van der Waals surface area contributed by atoms with Gasteiger partial charge in [0.15, 0.2) is 0 Å². The van der Waals surface area contributed by atoms with E-state index in [2.05, 4.69) is 9.97 Å². The summed E-state index contributed by atoms with van der Waals surface area (Å²) in [5.74, 6) is -0.483. The minimum Gasteiger partial charge on any atom is -0.478 e. The fourth-order valence-electron chi connectivity index (χ4n) is 2.00. The van der Waals surface area contributed by atoms with E-state index in [1.165, 1.54) is 0 Å². The predicted octanol–water partition coefficient (Wildman–Crippen LogP) is 3.58. The van der Waals surface area contributed by atoms with Crippen LogP contribution in [-0.2, 0) is 0 Å². The lowest BCUT2D eigenvalue weighted by atomic mass is 10.1. The number of hydrogen-bond acceptors (Lipinski definition) is 2. The van der Waals surface area contributed by atoms with E-state index in [1.54, 1.807) is 30.3 Å². The molecule has 0 aliphatic rings. The average Bonchev–Trinajstić information content (AvgIpc) is 2.84. The molecule has 0 spiro atoms. The second-order valence-corrected chi connectivity index (χ2v) is 4.48. The van der Waals surface area contributed by atoms with E-state index in [0.717, 1.165) is 5.52 Å². The highest BCUT2D eigenvalue weighted by Crippen LogP contribution is 2.27. The second kappa shape index (κ2) is 4.40. The molecule has 0 aliphatic carbocycles. The van der Waals surface area contributed by atoms with Gasteiger partial charge in [0.2, 0.25) is 0 Å². The van der Waals surface area contributed by atoms with Crippen LogP contribution >= 0.6 is 11.6 Å². The normalized spacial score (nSPS) is 10.8. The monoisotopic (exact) mass is 272 g/mol. The number of carboxylic acid groups (broad SMARTS) is 1. The Balaban J connectivity index is 2.25. The lowest BCUT2D eigenvalue weighted by Gasteiger charge is -2.01. The molecular formula is C14H9ClN2O2. The maximum absolute atomic E-state index is 11.2. The molecule has 0 aliphatic heterocycles. The Bertz CT molecular complexity index is 780. The molecule has 2 N–H and O–H groups in total. The van der Waals surface area contributed by atoms with E-state index in [4.69, 9.17) is 11.6 Å². The highest BCUT2D eigenvalue weighted by atomic mass is 35.5. The minimum atomic E-state index is -0.984. The standard InChI is InChI=1S/C14H9ClN2O2/c15-10-6-3-7-11-12(10)17-13(16-11)8-4-1-2-5-9(8)14(18)19/h1-7H,(H,16,17)(H,18,19). The lowest BCUT2D eigenvalue weighted by Crippen LogP contribution is -1.99. The zero-order valence-electron chi connectivity index (χ0n) is 9.72. The molecule has 4 nitrogen and oxygen atoms in total. The molecule has 0 saturated heterocycles. The highest BCUT2D eigenvalue weighted by Gasteiger charge is 2.14. The van der Waals surface area contributed by atoms with E-state index in [0.29, 0.717) is 21.9 Å². The van der Waals surface area contributed by atoms with Gasteiger partial charge in [-0.15, -0.1) is 0 Å². The number of nitrogens with zero attached hydrogens (tertiary/aromatic N) is 1. The Morgan fingerprint density at radius 2 is 1.95 bits per heavy atom. The number of rotatable bonds is 2. The van der Waals surface area contributed by atoms with Gasteiger partial charge in [-0.25, -0.2) is 9.78 Å². The second-order valence-electron chi connectivity index (χ2n) is 4.07. The van der Waals surface area contributed by atoms with Crippen molar-refractivity contribution in [3.05, 3.63) is 53.1 Å². The minimum absolute atomic E-state index is 0.206. The summed E-state index contributed by atoms with van der Waals surface area (Å²) in [7, 11) is 0. The number of carboxylic acids is 1. The first-order valence-electron chi connectivity index (χ1n) is 5.64. The molecule has 0 radical (unpaired) electrons. The summed E-state index contributed by atoms with van der Waals surface area (Å²) in [4.78, 5) is 18.7. The number of imidazole rings is 1. The predicted molar refractivity (Wildman–Crippen MR) is 73.5 cm³/mol. The summed E-state index contributed by atoms with van der Waals surface area (Å²) in [6.07, 6.45) is 0. The number of carbonyl (C=O) groups is 1. The van der Waals surface area contributed by atoms with Crippen molar-refractivity contribution in [1.82, 2.24) is 9.97 Å². The van der Waals surface area contributed by atoms with E-state index in [-0.39, 0.29) is 5.56 Å². The zero-order valence-corrected chi connectivity index (χ0v) is 10.5. The third-order valence-corrected chi connectivity index (χ3v) is 3.18. The molecule has 19 heavy (non-hydrogen) atoms. The Morgan fingerprint density at radius 3 is 2.68 bits per heavy atom. The van der Waals surface area contributed by atoms with Gasteiger partial charge in [0.1, 0.15) is 11.3 Å². The van der Waals surface area contributed by atoms with E-state index in [1.807, 2.05) is 12.1 Å². The van der Waals surface area contributed by atoms with Crippen molar-refractivity contribution in [2.75, 3.05) is 0 Å². The third-order valence-electron chi connectivity index (χ3n) is 2.88. The van der Waals surface area contributed by atoms with E-state index >= 15 is 0 Å². The molecule has 2 aromatic carbocycles. The molecule has 1 heterocycles. The summed E-state index contributed by atoms with van der Waals surface area (Å²) in [6, 6.07) is 12.1. The third kappa shape index (κ3) is 1.96. The molecule has 0 unspecified atom stereocenters. The van der Waals surface area contributed by atoms with E-state index < -0.39 is 5.97 Å². The first kappa shape index (κ1) is 11.7. The fourth-order valence-corrected chi connectivity index (χ4v) is 2.22. The highest BCUT2D eigenvalue weighted by molar-refractivity contribution is 6.35. The van der Waals surface area contributed by atoms with Gasteiger partial charge >= 0.3 is 5.97 Å². The number of nitrogens with one attached hydrogen (secondary N) is 1. The number of para-hydroxylation sites is 1. The number of H-pyrrole nitrogens is 1. The molecule has 0 fully saturated rings.